The van der Waals surface area contributed by atoms with Crippen molar-refractivity contribution in [1.29, 1.82) is 0 Å². The fourth-order valence-corrected chi connectivity index (χ4v) is 1.28. The zero-order valence-corrected chi connectivity index (χ0v) is 11.9. The molecular weight excluding hydrogens is 343 g/mol. The number of hydrogen-bond donors (Lipinski definition) is 0. The maximum Gasteiger partial charge on any atom is 0.485 e. The summed E-state index contributed by atoms with van der Waals surface area (Å²) in [6, 6.07) is 8.26. The van der Waals surface area contributed by atoms with Crippen LogP contribution < -0.4 is 0 Å². The molecular formula is C13H13F9O. The van der Waals surface area contributed by atoms with Crippen molar-refractivity contribution < 1.29 is 44.6 Å². The Morgan fingerprint density at radius 2 is 1.30 bits per heavy atom. The smallest absolute Gasteiger partial charge is 0.244 e. The molecule has 0 aliphatic rings. The largest absolute Gasteiger partial charge is 0.485 e. The first-order valence-corrected chi connectivity index (χ1v) is 5.96. The molecule has 1 aromatic carbocycles. The van der Waals surface area contributed by atoms with Crippen LogP contribution in [0.2, 0.25) is 0 Å². The van der Waals surface area contributed by atoms with Gasteiger partial charge in [0.1, 0.15) is 0 Å². The summed E-state index contributed by atoms with van der Waals surface area (Å²) < 4.78 is 103. The lowest BCUT2D eigenvalue weighted by atomic mass is 9.79. The number of alkyl halides is 8. The lowest BCUT2D eigenvalue weighted by Crippen LogP contribution is -2.42. The molecule has 23 heavy (non-hydrogen) atoms. The van der Waals surface area contributed by atoms with Crippen LogP contribution in [0, 0.1) is 0 Å². The van der Waals surface area contributed by atoms with Crippen molar-refractivity contribution >= 4 is 0 Å². The van der Waals surface area contributed by atoms with Crippen LogP contribution in [0.5, 0.6) is 0 Å². The third-order valence-electron chi connectivity index (χ3n) is 3.00. The molecule has 0 heterocycles. The Morgan fingerprint density at radius 3 is 1.57 bits per heavy atom. The van der Waals surface area contributed by atoms with Gasteiger partial charge in [-0.3, -0.25) is 0 Å². The van der Waals surface area contributed by atoms with E-state index in [1.807, 2.05) is 0 Å². The Labute approximate surface area is 125 Å². The summed E-state index contributed by atoms with van der Waals surface area (Å²) in [6.07, 6.45) is -11.7. The molecule has 0 saturated carbocycles. The van der Waals surface area contributed by atoms with Gasteiger partial charge < -0.3 is 0 Å². The van der Waals surface area contributed by atoms with Gasteiger partial charge in [0.25, 0.3) is 5.92 Å². The van der Waals surface area contributed by atoms with Crippen molar-refractivity contribution in [2.24, 2.45) is 0 Å². The van der Waals surface area contributed by atoms with Gasteiger partial charge in [0, 0.05) is 0 Å². The van der Waals surface area contributed by atoms with Crippen LogP contribution in [0.4, 0.5) is 39.6 Å². The van der Waals surface area contributed by atoms with Gasteiger partial charge in [0.15, 0.2) is 6.67 Å². The van der Waals surface area contributed by atoms with Crippen molar-refractivity contribution in [3.63, 3.8) is 0 Å². The zero-order chi connectivity index (χ0) is 18.5. The van der Waals surface area contributed by atoms with Gasteiger partial charge >= 0.3 is 12.3 Å². The Hall–Kier alpha value is -1.45. The van der Waals surface area contributed by atoms with Crippen LogP contribution in [0.3, 0.4) is 0 Å². The van der Waals surface area contributed by atoms with Crippen molar-refractivity contribution in [3.05, 3.63) is 35.9 Å². The number of hydrogen-bond acceptors (Lipinski definition) is 1. The SMILES string of the molecule is CC(C)(c1ccccc1)C(F)(F)CF.FOC(F)(F)C(F)(F)F. The van der Waals surface area contributed by atoms with Gasteiger partial charge in [0.2, 0.25) is 0 Å². The predicted molar refractivity (Wildman–Crippen MR) is 63.6 cm³/mol. The standard InChI is InChI=1S/C11H13F3.C2F6O/c1-10(2,11(13,14)8-12)9-6-4-3-5-7-9;3-1(4,5)2(6,7)9-8/h3-7H,8H2,1-2H3;. The van der Waals surface area contributed by atoms with E-state index in [9.17, 15) is 39.6 Å². The second-order valence-corrected chi connectivity index (χ2v) is 4.92. The average Bonchev–Trinajstić information content (AvgIpc) is 2.47. The maximum atomic E-state index is 13.2. The van der Waals surface area contributed by atoms with Gasteiger partial charge in [-0.25, -0.2) is 13.2 Å². The molecule has 0 amide bonds. The molecule has 0 spiro atoms. The molecule has 134 valence electrons. The summed E-state index contributed by atoms with van der Waals surface area (Å²) >= 11 is 0. The van der Waals surface area contributed by atoms with E-state index in [0.717, 1.165) is 0 Å². The lowest BCUT2D eigenvalue weighted by molar-refractivity contribution is -0.453. The Balaban J connectivity index is 0.000000468. The first kappa shape index (κ1) is 21.6. The van der Waals surface area contributed by atoms with Crippen molar-refractivity contribution in [3.8, 4) is 0 Å². The van der Waals surface area contributed by atoms with Crippen molar-refractivity contribution in [2.75, 3.05) is 6.67 Å². The minimum Gasteiger partial charge on any atom is -0.244 e. The summed E-state index contributed by atoms with van der Waals surface area (Å²) in [6.45, 7) is 1.07. The van der Waals surface area contributed by atoms with Crippen LogP contribution in [0.1, 0.15) is 19.4 Å². The molecule has 0 aliphatic heterocycles. The van der Waals surface area contributed by atoms with E-state index in [1.54, 1.807) is 30.3 Å². The molecule has 0 aliphatic carbocycles. The van der Waals surface area contributed by atoms with E-state index in [0.29, 0.717) is 5.56 Å². The highest BCUT2D eigenvalue weighted by Gasteiger charge is 2.61. The van der Waals surface area contributed by atoms with Crippen LogP contribution in [0.15, 0.2) is 30.3 Å². The van der Waals surface area contributed by atoms with Gasteiger partial charge in [-0.05, 0) is 23.9 Å². The van der Waals surface area contributed by atoms with E-state index in [2.05, 4.69) is 0 Å². The second-order valence-electron chi connectivity index (χ2n) is 4.92. The van der Waals surface area contributed by atoms with E-state index in [4.69, 9.17) is 0 Å². The molecule has 0 atom stereocenters. The van der Waals surface area contributed by atoms with E-state index in [1.165, 1.54) is 18.8 Å². The molecule has 1 aromatic rings. The van der Waals surface area contributed by atoms with E-state index in [-0.39, 0.29) is 0 Å². The van der Waals surface area contributed by atoms with Gasteiger partial charge in [-0.2, -0.15) is 22.0 Å². The van der Waals surface area contributed by atoms with E-state index >= 15 is 0 Å². The highest BCUT2D eigenvalue weighted by molar-refractivity contribution is 5.26. The molecule has 0 aromatic heterocycles. The first-order valence-electron chi connectivity index (χ1n) is 5.96. The fourth-order valence-electron chi connectivity index (χ4n) is 1.28. The van der Waals surface area contributed by atoms with Crippen LogP contribution >= 0.6 is 0 Å². The molecule has 0 unspecified atom stereocenters. The molecule has 1 rings (SSSR count). The zero-order valence-electron chi connectivity index (χ0n) is 11.9. The van der Waals surface area contributed by atoms with Gasteiger partial charge in [-0.15, -0.1) is 4.94 Å². The molecule has 1 nitrogen and oxygen atoms in total. The Bertz CT molecular complexity index is 468. The minimum absolute atomic E-state index is 0.447. The Kier molecular flexibility index (Phi) is 6.95. The molecule has 10 heteroatoms. The number of benzene rings is 1. The number of rotatable bonds is 4. The Morgan fingerprint density at radius 1 is 0.870 bits per heavy atom. The van der Waals surface area contributed by atoms with Gasteiger partial charge in [-0.1, -0.05) is 30.3 Å². The predicted octanol–water partition coefficient (Wildman–Crippen LogP) is 5.61. The molecule has 0 bridgehead atoms. The summed E-state index contributed by atoms with van der Waals surface area (Å²) in [7, 11) is 0. The molecule has 0 radical (unpaired) electrons. The summed E-state index contributed by atoms with van der Waals surface area (Å²) in [5.74, 6) is -3.33. The van der Waals surface area contributed by atoms with Crippen LogP contribution in [-0.2, 0) is 10.4 Å². The van der Waals surface area contributed by atoms with Crippen molar-refractivity contribution in [2.45, 2.75) is 37.5 Å². The van der Waals surface area contributed by atoms with Crippen molar-refractivity contribution in [1.82, 2.24) is 0 Å². The normalized spacial score (nSPS) is 13.3. The monoisotopic (exact) mass is 356 g/mol. The molecule has 0 saturated heterocycles. The average molecular weight is 356 g/mol. The topological polar surface area (TPSA) is 9.23 Å². The highest BCUT2D eigenvalue weighted by Crippen LogP contribution is 2.39. The van der Waals surface area contributed by atoms with Crippen LogP contribution in [0.25, 0.3) is 0 Å². The molecule has 0 N–H and O–H groups in total. The summed E-state index contributed by atoms with van der Waals surface area (Å²) in [5, 5.41) is 0. The maximum absolute atomic E-state index is 13.2. The first-order chi connectivity index (χ1) is 10.2. The minimum atomic E-state index is -5.98. The van der Waals surface area contributed by atoms with Gasteiger partial charge in [0.05, 0.1) is 5.41 Å². The third-order valence-corrected chi connectivity index (χ3v) is 3.00. The van der Waals surface area contributed by atoms with E-state index < -0.39 is 30.3 Å². The number of halogens is 9. The third kappa shape index (κ3) is 5.29. The fraction of sp³-hybridized carbons (Fsp3) is 0.538. The molecule has 0 fully saturated rings. The second kappa shape index (κ2) is 7.41. The summed E-state index contributed by atoms with van der Waals surface area (Å²) in [4.78, 5) is 1.34. The quantitative estimate of drug-likeness (QED) is 0.637. The van der Waals surface area contributed by atoms with Crippen LogP contribution in [-0.4, -0.2) is 24.9 Å². The highest BCUT2D eigenvalue weighted by atomic mass is 19.4. The summed E-state index contributed by atoms with van der Waals surface area (Å²) in [5.41, 5.74) is -1.02. The lowest BCUT2D eigenvalue weighted by Gasteiger charge is -2.32.